The number of hydrogen-bond acceptors (Lipinski definition) is 5. The average Bonchev–Trinajstić information content (AvgIpc) is 2.82. The maximum absolute atomic E-state index is 6.05. The van der Waals surface area contributed by atoms with Crippen LogP contribution in [0.4, 0.5) is 0 Å². The van der Waals surface area contributed by atoms with E-state index in [0.29, 0.717) is 6.54 Å². The molecule has 1 aromatic carbocycles. The monoisotopic (exact) mass is 266 g/mol. The molecule has 1 aliphatic heterocycles. The lowest BCUT2D eigenvalue weighted by atomic mass is 10.2. The molecule has 0 saturated carbocycles. The normalized spacial score (nSPS) is 19.6. The number of hydroxylamine groups is 1. The zero-order valence-electron chi connectivity index (χ0n) is 11.8. The molecule has 1 saturated heterocycles. The first-order valence-corrected chi connectivity index (χ1v) is 6.51. The van der Waals surface area contributed by atoms with Gasteiger partial charge in [0, 0.05) is 25.2 Å². The number of methoxy groups -OCH3 is 1. The molecule has 5 nitrogen and oxygen atoms in total. The van der Waals surface area contributed by atoms with E-state index in [-0.39, 0.29) is 6.10 Å². The number of nitrogens with zero attached hydrogens (tertiary/aromatic N) is 1. The van der Waals surface area contributed by atoms with Crippen LogP contribution < -0.4 is 15.0 Å². The van der Waals surface area contributed by atoms with Gasteiger partial charge >= 0.3 is 0 Å². The Labute approximate surface area is 114 Å². The van der Waals surface area contributed by atoms with Crippen molar-refractivity contribution in [3.05, 3.63) is 23.8 Å². The second-order valence-corrected chi connectivity index (χ2v) is 4.76. The quantitative estimate of drug-likeness (QED) is 0.789. The number of benzene rings is 1. The van der Waals surface area contributed by atoms with Crippen LogP contribution >= 0.6 is 0 Å². The predicted molar refractivity (Wildman–Crippen MR) is 73.4 cm³/mol. The van der Waals surface area contributed by atoms with Crippen molar-refractivity contribution in [3.63, 3.8) is 0 Å². The molecular formula is C14H22N2O3. The molecule has 2 rings (SSSR count). The van der Waals surface area contributed by atoms with Gasteiger partial charge in [-0.3, -0.25) is 0 Å². The van der Waals surface area contributed by atoms with E-state index in [9.17, 15) is 0 Å². The smallest absolute Gasteiger partial charge is 0.165 e. The van der Waals surface area contributed by atoms with Gasteiger partial charge in [-0.2, -0.15) is 5.48 Å². The Morgan fingerprint density at radius 2 is 2.21 bits per heavy atom. The van der Waals surface area contributed by atoms with Gasteiger partial charge in [-0.1, -0.05) is 12.1 Å². The van der Waals surface area contributed by atoms with E-state index >= 15 is 0 Å². The minimum atomic E-state index is 0.240. The highest BCUT2D eigenvalue weighted by molar-refractivity contribution is 5.46. The van der Waals surface area contributed by atoms with Crippen molar-refractivity contribution in [2.24, 2.45) is 0 Å². The van der Waals surface area contributed by atoms with Gasteiger partial charge in [0.15, 0.2) is 11.5 Å². The maximum Gasteiger partial charge on any atom is 0.165 e. The van der Waals surface area contributed by atoms with Crippen molar-refractivity contribution in [3.8, 4) is 11.5 Å². The summed E-state index contributed by atoms with van der Waals surface area (Å²) >= 11 is 0. The molecule has 1 aromatic rings. The van der Waals surface area contributed by atoms with E-state index in [4.69, 9.17) is 14.3 Å². The highest BCUT2D eigenvalue weighted by Gasteiger charge is 2.22. The van der Waals surface area contributed by atoms with Crippen LogP contribution in [0.5, 0.6) is 11.5 Å². The zero-order valence-corrected chi connectivity index (χ0v) is 11.8. The molecule has 0 aromatic heterocycles. The molecule has 1 atom stereocenters. The molecule has 106 valence electrons. The molecular weight excluding hydrogens is 244 g/mol. The van der Waals surface area contributed by atoms with E-state index in [2.05, 4.69) is 17.4 Å². The summed E-state index contributed by atoms with van der Waals surface area (Å²) in [6.07, 6.45) is 1.30. The van der Waals surface area contributed by atoms with Gasteiger partial charge in [0.25, 0.3) is 0 Å². The highest BCUT2D eigenvalue weighted by atomic mass is 16.6. The highest BCUT2D eigenvalue weighted by Crippen LogP contribution is 2.32. The van der Waals surface area contributed by atoms with Crippen molar-refractivity contribution in [2.45, 2.75) is 19.1 Å². The van der Waals surface area contributed by atoms with Crippen LogP contribution in [0.2, 0.25) is 0 Å². The second kappa shape index (κ2) is 6.75. The Morgan fingerprint density at radius 1 is 1.37 bits per heavy atom. The summed E-state index contributed by atoms with van der Waals surface area (Å²) in [7, 11) is 5.37. The fourth-order valence-corrected chi connectivity index (χ4v) is 2.35. The van der Waals surface area contributed by atoms with E-state index in [1.807, 2.05) is 18.2 Å². The number of ether oxygens (including phenoxy) is 2. The summed E-state index contributed by atoms with van der Waals surface area (Å²) in [5.74, 6) is 1.58. The van der Waals surface area contributed by atoms with Gasteiger partial charge in [0.05, 0.1) is 14.2 Å². The zero-order chi connectivity index (χ0) is 13.7. The number of nitrogens with one attached hydrogen (secondary N) is 1. The summed E-state index contributed by atoms with van der Waals surface area (Å²) in [6, 6.07) is 5.93. The Hall–Kier alpha value is -1.30. The lowest BCUT2D eigenvalue weighted by Gasteiger charge is -2.18. The summed E-state index contributed by atoms with van der Waals surface area (Å²) in [5, 5.41) is 0. The maximum atomic E-state index is 6.05. The molecule has 1 fully saturated rings. The van der Waals surface area contributed by atoms with E-state index in [1.165, 1.54) is 0 Å². The van der Waals surface area contributed by atoms with Crippen molar-refractivity contribution in [2.75, 3.05) is 34.4 Å². The van der Waals surface area contributed by atoms with Crippen molar-refractivity contribution < 1.29 is 14.3 Å². The van der Waals surface area contributed by atoms with Crippen LogP contribution in [0.25, 0.3) is 0 Å². The minimum absolute atomic E-state index is 0.240. The topological polar surface area (TPSA) is 43.0 Å². The Morgan fingerprint density at radius 3 is 2.84 bits per heavy atom. The molecule has 1 aliphatic rings. The summed E-state index contributed by atoms with van der Waals surface area (Å²) in [5.41, 5.74) is 3.84. The van der Waals surface area contributed by atoms with Crippen LogP contribution in [0.1, 0.15) is 12.0 Å². The molecule has 1 unspecified atom stereocenters. The van der Waals surface area contributed by atoms with E-state index < -0.39 is 0 Å². The molecule has 19 heavy (non-hydrogen) atoms. The third-order valence-corrected chi connectivity index (χ3v) is 3.31. The summed E-state index contributed by atoms with van der Waals surface area (Å²) < 4.78 is 11.5. The Bertz CT molecular complexity index is 412. The predicted octanol–water partition coefficient (Wildman–Crippen LogP) is 1.43. The minimum Gasteiger partial charge on any atom is -0.493 e. The molecule has 0 radical (unpaired) electrons. The van der Waals surface area contributed by atoms with Crippen LogP contribution in [0.15, 0.2) is 18.2 Å². The van der Waals surface area contributed by atoms with Gasteiger partial charge in [-0.25, -0.2) is 0 Å². The van der Waals surface area contributed by atoms with Crippen LogP contribution in [-0.4, -0.2) is 45.4 Å². The fourth-order valence-electron chi connectivity index (χ4n) is 2.35. The SMILES string of the molecule is CONCc1cccc(OC2CCN(C)C2)c1OC. The van der Waals surface area contributed by atoms with E-state index in [0.717, 1.165) is 36.6 Å². The Kier molecular flexibility index (Phi) is 5.01. The molecule has 1 N–H and O–H groups in total. The summed E-state index contributed by atoms with van der Waals surface area (Å²) in [6.45, 7) is 2.63. The van der Waals surface area contributed by atoms with Gasteiger partial charge in [-0.05, 0) is 19.5 Å². The van der Waals surface area contributed by atoms with Gasteiger partial charge in [-0.15, -0.1) is 0 Å². The first kappa shape index (κ1) is 14.1. The number of hydrogen-bond donors (Lipinski definition) is 1. The van der Waals surface area contributed by atoms with Crippen molar-refractivity contribution in [1.82, 2.24) is 10.4 Å². The van der Waals surface area contributed by atoms with Crippen molar-refractivity contribution >= 4 is 0 Å². The lowest BCUT2D eigenvalue weighted by molar-refractivity contribution is 0.0859. The molecule has 0 spiro atoms. The molecule has 0 bridgehead atoms. The van der Waals surface area contributed by atoms with Crippen molar-refractivity contribution in [1.29, 1.82) is 0 Å². The number of rotatable bonds is 6. The van der Waals surface area contributed by atoms with E-state index in [1.54, 1.807) is 14.2 Å². The number of para-hydroxylation sites is 1. The third kappa shape index (κ3) is 3.59. The van der Waals surface area contributed by atoms with Gasteiger partial charge < -0.3 is 19.2 Å². The molecule has 0 amide bonds. The molecule has 1 heterocycles. The number of likely N-dealkylation sites (tertiary alicyclic amines) is 1. The van der Waals surface area contributed by atoms with Gasteiger partial charge in [0.1, 0.15) is 6.10 Å². The molecule has 0 aliphatic carbocycles. The second-order valence-electron chi connectivity index (χ2n) is 4.76. The van der Waals surface area contributed by atoms with Crippen LogP contribution in [0.3, 0.4) is 0 Å². The first-order chi connectivity index (χ1) is 9.24. The van der Waals surface area contributed by atoms with Crippen LogP contribution in [-0.2, 0) is 11.4 Å². The van der Waals surface area contributed by atoms with Crippen LogP contribution in [0, 0.1) is 0 Å². The third-order valence-electron chi connectivity index (χ3n) is 3.31. The van der Waals surface area contributed by atoms with Gasteiger partial charge in [0.2, 0.25) is 0 Å². The number of likely N-dealkylation sites (N-methyl/N-ethyl adjacent to an activating group) is 1. The first-order valence-electron chi connectivity index (χ1n) is 6.51. The standard InChI is InChI=1S/C14H22N2O3/c1-16-8-7-12(10-16)19-13-6-4-5-11(9-15-18-3)14(13)17-2/h4-6,12,15H,7-10H2,1-3H3. The average molecular weight is 266 g/mol. The largest absolute Gasteiger partial charge is 0.493 e. The molecule has 5 heteroatoms. The fraction of sp³-hybridized carbons (Fsp3) is 0.571. The summed E-state index contributed by atoms with van der Waals surface area (Å²) in [4.78, 5) is 7.15. The lowest BCUT2D eigenvalue weighted by Crippen LogP contribution is -2.22. The Balaban J connectivity index is 2.10.